The summed E-state index contributed by atoms with van der Waals surface area (Å²) in [4.78, 5) is 65.7. The monoisotopic (exact) mass is 596 g/mol. The lowest BCUT2D eigenvalue weighted by Crippen LogP contribution is -2.73. The quantitative estimate of drug-likeness (QED) is 0.400. The van der Waals surface area contributed by atoms with Crippen molar-refractivity contribution < 1.29 is 48.0 Å². The summed E-state index contributed by atoms with van der Waals surface area (Å²) in [5.41, 5.74) is -4.88. The fraction of sp³-hybridized carbons (Fsp3) is 0.606. The van der Waals surface area contributed by atoms with Crippen LogP contribution in [0, 0.1) is 16.7 Å². The third kappa shape index (κ3) is 4.78. The summed E-state index contributed by atoms with van der Waals surface area (Å²) in [6, 6.07) is 8.31. The molecule has 7 atom stereocenters. The van der Waals surface area contributed by atoms with Crippen LogP contribution in [0.1, 0.15) is 90.4 Å². The minimum absolute atomic E-state index is 0.114. The Kier molecular flexibility index (Phi) is 7.60. The highest BCUT2D eigenvalue weighted by atomic mass is 16.6. The number of Topliss-reactive ketones (excluding diaryl/α,β-unsaturated/α-hetero) is 1. The summed E-state index contributed by atoms with van der Waals surface area (Å²) in [5, 5.41) is 12.9. The molecule has 5 rings (SSSR count). The third-order valence-electron chi connectivity index (χ3n) is 10.5. The van der Waals surface area contributed by atoms with E-state index in [9.17, 15) is 29.1 Å². The van der Waals surface area contributed by atoms with E-state index in [-0.39, 0.29) is 30.4 Å². The first-order valence-corrected chi connectivity index (χ1v) is 14.9. The van der Waals surface area contributed by atoms with Gasteiger partial charge in [0, 0.05) is 43.4 Å². The summed E-state index contributed by atoms with van der Waals surface area (Å²) in [6.07, 6.45) is -2.39. The zero-order chi connectivity index (χ0) is 31.5. The molecule has 1 aromatic carbocycles. The SMILES string of the molecule is CC(=O)O[C@@H]1C2=C(C)C(=O)C[C@@](O)([C@@H](OC(=O)c3ccccc3)[C@@H]3[C@@]4(CCC[C@@]3(C)[C@H]1OC(C)=O)CCC(=O)O4)C2(C)C. The molecule has 3 fully saturated rings. The first kappa shape index (κ1) is 30.9. The molecule has 3 aliphatic carbocycles. The first-order valence-electron chi connectivity index (χ1n) is 14.9. The van der Waals surface area contributed by atoms with Gasteiger partial charge in [-0.1, -0.05) is 39.0 Å². The molecule has 0 amide bonds. The van der Waals surface area contributed by atoms with Gasteiger partial charge in [0.15, 0.2) is 11.9 Å². The van der Waals surface area contributed by atoms with Gasteiger partial charge in [0.2, 0.25) is 0 Å². The van der Waals surface area contributed by atoms with Gasteiger partial charge in [-0.05, 0) is 55.9 Å². The number of carbonyl (C=O) groups excluding carboxylic acids is 5. The Bertz CT molecular complexity index is 1400. The van der Waals surface area contributed by atoms with Crippen LogP contribution in [0.2, 0.25) is 0 Å². The Labute approximate surface area is 251 Å². The molecule has 10 nitrogen and oxygen atoms in total. The first-order chi connectivity index (χ1) is 20.1. The molecule has 0 aromatic heterocycles. The number of hydrogen-bond donors (Lipinski definition) is 1. The second-order valence-electron chi connectivity index (χ2n) is 13.3. The van der Waals surface area contributed by atoms with E-state index in [0.29, 0.717) is 24.8 Å². The Hall–Kier alpha value is -3.53. The second-order valence-corrected chi connectivity index (χ2v) is 13.3. The van der Waals surface area contributed by atoms with Crippen molar-refractivity contribution in [3.8, 4) is 0 Å². The van der Waals surface area contributed by atoms with E-state index in [1.54, 1.807) is 51.1 Å². The second kappa shape index (κ2) is 10.6. The van der Waals surface area contributed by atoms with Crippen LogP contribution in [0.4, 0.5) is 0 Å². The topological polar surface area (TPSA) is 142 Å². The molecule has 10 heteroatoms. The molecular formula is C33H40O10. The van der Waals surface area contributed by atoms with Crippen LogP contribution in [0.3, 0.4) is 0 Å². The number of ketones is 1. The molecule has 2 bridgehead atoms. The summed E-state index contributed by atoms with van der Waals surface area (Å²) in [6.45, 7) is 9.34. The largest absolute Gasteiger partial charge is 0.459 e. The van der Waals surface area contributed by atoms with Crippen molar-refractivity contribution in [2.24, 2.45) is 16.7 Å². The van der Waals surface area contributed by atoms with Gasteiger partial charge in [0.1, 0.15) is 23.4 Å². The summed E-state index contributed by atoms with van der Waals surface area (Å²) >= 11 is 0. The van der Waals surface area contributed by atoms with E-state index in [2.05, 4.69) is 0 Å². The number of aliphatic hydroxyl groups is 1. The molecule has 4 aliphatic rings. The average Bonchev–Trinajstić information content (AvgIpc) is 3.29. The van der Waals surface area contributed by atoms with Crippen molar-refractivity contribution in [3.63, 3.8) is 0 Å². The predicted molar refractivity (Wildman–Crippen MR) is 151 cm³/mol. The molecule has 1 aliphatic heterocycles. The fourth-order valence-electron chi connectivity index (χ4n) is 8.51. The van der Waals surface area contributed by atoms with Crippen molar-refractivity contribution in [1.82, 2.24) is 0 Å². The third-order valence-corrected chi connectivity index (χ3v) is 10.5. The number of esters is 4. The molecule has 232 valence electrons. The molecular weight excluding hydrogens is 556 g/mol. The van der Waals surface area contributed by atoms with Crippen molar-refractivity contribution in [2.75, 3.05) is 0 Å². The smallest absolute Gasteiger partial charge is 0.338 e. The van der Waals surface area contributed by atoms with Gasteiger partial charge >= 0.3 is 23.9 Å². The van der Waals surface area contributed by atoms with Gasteiger partial charge in [-0.3, -0.25) is 19.2 Å². The van der Waals surface area contributed by atoms with Gasteiger partial charge in [-0.2, -0.15) is 0 Å². The van der Waals surface area contributed by atoms with Crippen molar-refractivity contribution >= 4 is 29.7 Å². The molecule has 0 unspecified atom stereocenters. The van der Waals surface area contributed by atoms with Gasteiger partial charge in [-0.15, -0.1) is 0 Å². The fourth-order valence-corrected chi connectivity index (χ4v) is 8.51. The lowest BCUT2D eigenvalue weighted by atomic mass is 9.46. The van der Waals surface area contributed by atoms with Crippen molar-refractivity contribution in [3.05, 3.63) is 47.0 Å². The summed E-state index contributed by atoms with van der Waals surface area (Å²) in [5.74, 6) is -3.81. The number of rotatable bonds is 4. The Morgan fingerprint density at radius 3 is 2.14 bits per heavy atom. The lowest BCUT2D eigenvalue weighted by molar-refractivity contribution is -0.265. The maximum absolute atomic E-state index is 13.8. The van der Waals surface area contributed by atoms with Crippen molar-refractivity contribution in [2.45, 2.75) is 110 Å². The van der Waals surface area contributed by atoms with E-state index >= 15 is 0 Å². The van der Waals surface area contributed by atoms with Gasteiger partial charge in [-0.25, -0.2) is 4.79 Å². The number of carbonyl (C=O) groups is 5. The van der Waals surface area contributed by atoms with Gasteiger partial charge in [0.05, 0.1) is 5.56 Å². The van der Waals surface area contributed by atoms with Gasteiger partial charge < -0.3 is 24.1 Å². The minimum Gasteiger partial charge on any atom is -0.459 e. The Balaban J connectivity index is 1.85. The van der Waals surface area contributed by atoms with Crippen LogP contribution >= 0.6 is 0 Å². The van der Waals surface area contributed by atoms with E-state index in [1.807, 2.05) is 6.92 Å². The van der Waals surface area contributed by atoms with Crippen LogP contribution in [0.15, 0.2) is 41.5 Å². The van der Waals surface area contributed by atoms with Crippen molar-refractivity contribution in [1.29, 1.82) is 0 Å². The summed E-state index contributed by atoms with van der Waals surface area (Å²) < 4.78 is 24.5. The normalized spacial score (nSPS) is 36.6. The molecule has 0 radical (unpaired) electrons. The minimum atomic E-state index is -2.02. The number of allylic oxidation sites excluding steroid dienone is 1. The van der Waals surface area contributed by atoms with Crippen LogP contribution < -0.4 is 0 Å². The Morgan fingerprint density at radius 2 is 1.56 bits per heavy atom. The molecule has 1 aromatic rings. The maximum Gasteiger partial charge on any atom is 0.338 e. The van der Waals surface area contributed by atoms with Crippen LogP contribution in [-0.4, -0.2) is 64.3 Å². The highest BCUT2D eigenvalue weighted by Gasteiger charge is 2.73. The van der Waals surface area contributed by atoms with E-state index in [4.69, 9.17) is 18.9 Å². The molecule has 1 heterocycles. The van der Waals surface area contributed by atoms with Crippen LogP contribution in [-0.2, 0) is 38.1 Å². The standard InChI is InChI=1S/C33H40O10/c1-18-22(36)17-33(39)28(42-29(38)21-11-8-7-9-12-21)26-31(6,14-10-15-32(26)16-13-23(37)43-32)27(41-20(3)35)25(40-19(2)34)24(18)30(33,4)5/h7-9,11-12,25-28,39H,10,13-17H2,1-6H3/t25-,26+,27+,28+,31-,32-,33-/m1/s1. The zero-order valence-corrected chi connectivity index (χ0v) is 25.6. The number of hydrogen-bond acceptors (Lipinski definition) is 10. The summed E-state index contributed by atoms with van der Waals surface area (Å²) in [7, 11) is 0. The predicted octanol–water partition coefficient (Wildman–Crippen LogP) is 4.02. The molecule has 1 saturated heterocycles. The van der Waals surface area contributed by atoms with Crippen LogP contribution in [0.25, 0.3) is 0 Å². The van der Waals surface area contributed by atoms with Gasteiger partial charge in [0.25, 0.3) is 0 Å². The van der Waals surface area contributed by atoms with Crippen LogP contribution in [0.5, 0.6) is 0 Å². The van der Waals surface area contributed by atoms with E-state index in [0.717, 1.165) is 0 Å². The van der Waals surface area contributed by atoms with E-state index in [1.165, 1.54) is 13.8 Å². The average molecular weight is 597 g/mol. The Morgan fingerprint density at radius 1 is 0.907 bits per heavy atom. The highest BCUT2D eigenvalue weighted by molar-refractivity contribution is 5.98. The lowest BCUT2D eigenvalue weighted by Gasteiger charge is -2.64. The zero-order valence-electron chi connectivity index (χ0n) is 25.6. The maximum atomic E-state index is 13.8. The number of ether oxygens (including phenoxy) is 4. The molecule has 1 N–H and O–H groups in total. The molecule has 2 saturated carbocycles. The number of fused-ring (bicyclic) bond motifs is 4. The highest BCUT2D eigenvalue weighted by Crippen LogP contribution is 2.64. The molecule has 1 spiro atoms. The van der Waals surface area contributed by atoms with E-state index < -0.39 is 75.9 Å². The number of benzene rings is 1. The molecule has 43 heavy (non-hydrogen) atoms.